The number of likely N-dealkylation sites (N-methyl/N-ethyl adjacent to an activating group) is 1. The SMILES string of the molecule is CC(CN)N(C)CCC1CCC1. The van der Waals surface area contributed by atoms with E-state index in [4.69, 9.17) is 5.73 Å². The van der Waals surface area contributed by atoms with Crippen LogP contribution in [0.5, 0.6) is 0 Å². The summed E-state index contributed by atoms with van der Waals surface area (Å²) in [6.07, 6.45) is 5.76. The van der Waals surface area contributed by atoms with Crippen molar-refractivity contribution in [2.24, 2.45) is 11.7 Å². The first-order chi connectivity index (χ1) is 5.74. The highest BCUT2D eigenvalue weighted by Gasteiger charge is 2.18. The molecule has 0 aromatic rings. The summed E-state index contributed by atoms with van der Waals surface area (Å²) in [6.45, 7) is 4.20. The van der Waals surface area contributed by atoms with Crippen LogP contribution in [-0.2, 0) is 0 Å². The zero-order chi connectivity index (χ0) is 8.97. The molecule has 1 saturated carbocycles. The first kappa shape index (κ1) is 10.0. The highest BCUT2D eigenvalue weighted by molar-refractivity contribution is 4.72. The van der Waals surface area contributed by atoms with E-state index in [0.29, 0.717) is 6.04 Å². The molecule has 0 aliphatic heterocycles. The summed E-state index contributed by atoms with van der Waals surface area (Å²) < 4.78 is 0. The Hall–Kier alpha value is -0.0800. The Morgan fingerprint density at radius 1 is 1.50 bits per heavy atom. The molecule has 1 fully saturated rings. The summed E-state index contributed by atoms with van der Waals surface area (Å²) in [6, 6.07) is 0.546. The van der Waals surface area contributed by atoms with Gasteiger partial charge in [0.2, 0.25) is 0 Å². The first-order valence-corrected chi connectivity index (χ1v) is 5.14. The zero-order valence-electron chi connectivity index (χ0n) is 8.42. The van der Waals surface area contributed by atoms with Gasteiger partial charge in [-0.1, -0.05) is 19.3 Å². The van der Waals surface area contributed by atoms with Gasteiger partial charge in [-0.25, -0.2) is 0 Å². The minimum absolute atomic E-state index is 0.546. The topological polar surface area (TPSA) is 29.3 Å². The van der Waals surface area contributed by atoms with Crippen LogP contribution in [0.4, 0.5) is 0 Å². The lowest BCUT2D eigenvalue weighted by Crippen LogP contribution is -2.36. The standard InChI is InChI=1S/C10H22N2/c1-9(8-11)12(2)7-6-10-4-3-5-10/h9-10H,3-8,11H2,1-2H3. The van der Waals surface area contributed by atoms with Gasteiger partial charge in [0.05, 0.1) is 0 Å². The molecule has 12 heavy (non-hydrogen) atoms. The van der Waals surface area contributed by atoms with Crippen molar-refractivity contribution in [3.63, 3.8) is 0 Å². The van der Waals surface area contributed by atoms with Crippen LogP contribution < -0.4 is 5.73 Å². The lowest BCUT2D eigenvalue weighted by atomic mass is 9.83. The van der Waals surface area contributed by atoms with Gasteiger partial charge in [0, 0.05) is 12.6 Å². The maximum Gasteiger partial charge on any atom is 0.0187 e. The molecule has 0 bridgehead atoms. The fourth-order valence-corrected chi connectivity index (χ4v) is 1.57. The molecule has 1 aliphatic rings. The molecular weight excluding hydrogens is 148 g/mol. The Kier molecular flexibility index (Phi) is 4.02. The molecule has 0 aromatic carbocycles. The molecule has 1 rings (SSSR count). The molecule has 1 atom stereocenters. The molecular formula is C10H22N2. The van der Waals surface area contributed by atoms with Crippen molar-refractivity contribution in [1.29, 1.82) is 0 Å². The number of hydrogen-bond donors (Lipinski definition) is 1. The van der Waals surface area contributed by atoms with Gasteiger partial charge in [-0.15, -0.1) is 0 Å². The number of rotatable bonds is 5. The van der Waals surface area contributed by atoms with E-state index in [1.165, 1.54) is 32.2 Å². The van der Waals surface area contributed by atoms with E-state index in [-0.39, 0.29) is 0 Å². The first-order valence-electron chi connectivity index (χ1n) is 5.14. The molecule has 0 heterocycles. The van der Waals surface area contributed by atoms with Crippen LogP contribution in [-0.4, -0.2) is 31.1 Å². The van der Waals surface area contributed by atoms with Gasteiger partial charge >= 0.3 is 0 Å². The third-order valence-corrected chi connectivity index (χ3v) is 3.21. The fourth-order valence-electron chi connectivity index (χ4n) is 1.57. The van der Waals surface area contributed by atoms with Gasteiger partial charge < -0.3 is 10.6 Å². The van der Waals surface area contributed by atoms with Crippen molar-refractivity contribution >= 4 is 0 Å². The van der Waals surface area contributed by atoms with Crippen LogP contribution in [0.1, 0.15) is 32.6 Å². The average molecular weight is 170 g/mol. The summed E-state index contributed by atoms with van der Waals surface area (Å²) in [5, 5.41) is 0. The molecule has 1 unspecified atom stereocenters. The molecule has 0 spiro atoms. The Morgan fingerprint density at radius 2 is 2.17 bits per heavy atom. The molecule has 2 N–H and O–H groups in total. The number of nitrogens with two attached hydrogens (primary N) is 1. The third kappa shape index (κ3) is 2.76. The zero-order valence-corrected chi connectivity index (χ0v) is 8.42. The monoisotopic (exact) mass is 170 g/mol. The average Bonchev–Trinajstić information content (AvgIpc) is 2.00. The molecule has 0 saturated heterocycles. The van der Waals surface area contributed by atoms with Crippen molar-refractivity contribution in [1.82, 2.24) is 4.90 Å². The van der Waals surface area contributed by atoms with Crippen molar-refractivity contribution in [2.45, 2.75) is 38.6 Å². The van der Waals surface area contributed by atoms with E-state index in [1.807, 2.05) is 0 Å². The van der Waals surface area contributed by atoms with E-state index in [0.717, 1.165) is 12.5 Å². The van der Waals surface area contributed by atoms with Gasteiger partial charge in [-0.3, -0.25) is 0 Å². The normalized spacial score (nSPS) is 21.0. The second kappa shape index (κ2) is 4.83. The van der Waals surface area contributed by atoms with E-state index in [2.05, 4.69) is 18.9 Å². The van der Waals surface area contributed by atoms with Crippen LogP contribution in [0, 0.1) is 5.92 Å². The predicted octanol–water partition coefficient (Wildman–Crippen LogP) is 1.46. The largest absolute Gasteiger partial charge is 0.329 e. The van der Waals surface area contributed by atoms with Crippen molar-refractivity contribution < 1.29 is 0 Å². The molecule has 0 radical (unpaired) electrons. The van der Waals surface area contributed by atoms with Gasteiger partial charge in [0.25, 0.3) is 0 Å². The van der Waals surface area contributed by atoms with Gasteiger partial charge in [0.1, 0.15) is 0 Å². The highest BCUT2D eigenvalue weighted by Crippen LogP contribution is 2.29. The van der Waals surface area contributed by atoms with Crippen LogP contribution >= 0.6 is 0 Å². The highest BCUT2D eigenvalue weighted by atomic mass is 15.1. The van der Waals surface area contributed by atoms with Gasteiger partial charge in [-0.05, 0) is 32.9 Å². The molecule has 0 aromatic heterocycles. The summed E-state index contributed by atoms with van der Waals surface area (Å²) >= 11 is 0. The van der Waals surface area contributed by atoms with Crippen LogP contribution in [0.15, 0.2) is 0 Å². The number of nitrogens with zero attached hydrogens (tertiary/aromatic N) is 1. The van der Waals surface area contributed by atoms with E-state index < -0.39 is 0 Å². The van der Waals surface area contributed by atoms with Crippen LogP contribution in [0.2, 0.25) is 0 Å². The summed E-state index contributed by atoms with van der Waals surface area (Å²) in [5.74, 6) is 1.03. The molecule has 2 nitrogen and oxygen atoms in total. The summed E-state index contributed by atoms with van der Waals surface area (Å²) in [5.41, 5.74) is 5.58. The predicted molar refractivity (Wildman–Crippen MR) is 53.1 cm³/mol. The lowest BCUT2D eigenvalue weighted by molar-refractivity contribution is 0.208. The summed E-state index contributed by atoms with van der Waals surface area (Å²) in [4.78, 5) is 2.37. The second-order valence-corrected chi connectivity index (χ2v) is 4.15. The van der Waals surface area contributed by atoms with E-state index >= 15 is 0 Å². The number of hydrogen-bond acceptors (Lipinski definition) is 2. The van der Waals surface area contributed by atoms with Gasteiger partial charge in [0.15, 0.2) is 0 Å². The van der Waals surface area contributed by atoms with Gasteiger partial charge in [-0.2, -0.15) is 0 Å². The van der Waals surface area contributed by atoms with E-state index in [9.17, 15) is 0 Å². The second-order valence-electron chi connectivity index (χ2n) is 4.15. The maximum atomic E-state index is 5.58. The molecule has 72 valence electrons. The van der Waals surface area contributed by atoms with Crippen LogP contribution in [0.25, 0.3) is 0 Å². The Morgan fingerprint density at radius 3 is 2.58 bits per heavy atom. The Balaban J connectivity index is 2.04. The Bertz CT molecular complexity index is 121. The summed E-state index contributed by atoms with van der Waals surface area (Å²) in [7, 11) is 2.18. The van der Waals surface area contributed by atoms with Crippen molar-refractivity contribution in [3.8, 4) is 0 Å². The minimum atomic E-state index is 0.546. The third-order valence-electron chi connectivity index (χ3n) is 3.21. The Labute approximate surface area is 76.1 Å². The lowest BCUT2D eigenvalue weighted by Gasteiger charge is -2.29. The van der Waals surface area contributed by atoms with Crippen molar-refractivity contribution in [2.75, 3.05) is 20.1 Å². The smallest absolute Gasteiger partial charge is 0.0187 e. The quantitative estimate of drug-likeness (QED) is 0.677. The maximum absolute atomic E-state index is 5.58. The van der Waals surface area contributed by atoms with Crippen LogP contribution in [0.3, 0.4) is 0 Å². The molecule has 1 aliphatic carbocycles. The molecule has 0 amide bonds. The fraction of sp³-hybridized carbons (Fsp3) is 1.00. The minimum Gasteiger partial charge on any atom is -0.329 e. The van der Waals surface area contributed by atoms with E-state index in [1.54, 1.807) is 0 Å². The molecule has 2 heteroatoms. The van der Waals surface area contributed by atoms with Crippen molar-refractivity contribution in [3.05, 3.63) is 0 Å².